The number of nitrogens with zero attached hydrogens (tertiary/aromatic N) is 1. The highest BCUT2D eigenvalue weighted by Crippen LogP contribution is 2.35. The molecule has 1 amide bonds. The van der Waals surface area contributed by atoms with Crippen molar-refractivity contribution in [3.8, 4) is 0 Å². The molecule has 9 heteroatoms. The minimum absolute atomic E-state index is 0.0357. The maximum Gasteiger partial charge on any atom is 0.326 e. The first-order valence-electron chi connectivity index (χ1n) is 12.3. The summed E-state index contributed by atoms with van der Waals surface area (Å²) in [5.41, 5.74) is 0.470. The smallest absolute Gasteiger partial charge is 0.326 e. The van der Waals surface area contributed by atoms with Gasteiger partial charge in [0, 0.05) is 17.2 Å². The molecule has 0 radical (unpaired) electrons. The molecule has 2 heterocycles. The van der Waals surface area contributed by atoms with Crippen molar-refractivity contribution in [2.24, 2.45) is 0 Å². The number of esters is 2. The monoisotopic (exact) mass is 532 g/mol. The minimum atomic E-state index is -0.641. The fraction of sp³-hybridized carbons (Fsp3) is 0.519. The second-order valence-corrected chi connectivity index (χ2v) is 11.9. The lowest BCUT2D eigenvalue weighted by atomic mass is 10.0. The van der Waals surface area contributed by atoms with Crippen LogP contribution in [0.3, 0.4) is 0 Å². The zero-order valence-corrected chi connectivity index (χ0v) is 23.0. The summed E-state index contributed by atoms with van der Waals surface area (Å²) < 4.78 is 10.8. The largest absolute Gasteiger partial charge is 0.465 e. The lowest BCUT2D eigenvalue weighted by Crippen LogP contribution is -2.54. The van der Waals surface area contributed by atoms with Crippen molar-refractivity contribution < 1.29 is 23.9 Å². The zero-order valence-electron chi connectivity index (χ0n) is 21.4. The number of hydrogen-bond donors (Lipinski definition) is 1. The number of carbonyl (C=O) groups excluding carboxylic acids is 3. The number of nitrogens with one attached hydrogen (secondary N) is 1. The van der Waals surface area contributed by atoms with E-state index in [1.54, 1.807) is 55.7 Å². The molecule has 1 fully saturated rings. The van der Waals surface area contributed by atoms with Gasteiger partial charge in [0.15, 0.2) is 0 Å². The van der Waals surface area contributed by atoms with Gasteiger partial charge in [0.1, 0.15) is 18.2 Å². The number of thiophene rings is 1. The van der Waals surface area contributed by atoms with Crippen molar-refractivity contribution in [1.29, 1.82) is 0 Å². The summed E-state index contributed by atoms with van der Waals surface area (Å²) in [7, 11) is 0. The van der Waals surface area contributed by atoms with Gasteiger partial charge in [-0.1, -0.05) is 36.4 Å². The average molecular weight is 533 g/mol. The van der Waals surface area contributed by atoms with Gasteiger partial charge in [-0.25, -0.2) is 0 Å². The minimum Gasteiger partial charge on any atom is -0.465 e. The van der Waals surface area contributed by atoms with E-state index in [0.717, 1.165) is 10.4 Å². The molecule has 0 bridgehead atoms. The predicted molar refractivity (Wildman–Crippen MR) is 144 cm³/mol. The molecule has 1 aromatic heterocycles. The van der Waals surface area contributed by atoms with Crippen LogP contribution in [0.15, 0.2) is 47.8 Å². The van der Waals surface area contributed by atoms with Gasteiger partial charge < -0.3 is 14.4 Å². The van der Waals surface area contributed by atoms with Crippen LogP contribution in [0.1, 0.15) is 49.8 Å². The first-order valence-corrected chi connectivity index (χ1v) is 14.2. The highest BCUT2D eigenvalue weighted by atomic mass is 32.2. The van der Waals surface area contributed by atoms with E-state index >= 15 is 0 Å². The molecule has 1 aromatic carbocycles. The maximum absolute atomic E-state index is 13.6. The number of amides is 1. The van der Waals surface area contributed by atoms with Crippen LogP contribution in [-0.4, -0.2) is 65.9 Å². The van der Waals surface area contributed by atoms with Gasteiger partial charge in [0.05, 0.1) is 17.9 Å². The quantitative estimate of drug-likeness (QED) is 0.459. The molecule has 1 unspecified atom stereocenters. The normalized spacial score (nSPS) is 19.4. The molecule has 0 saturated carbocycles. The summed E-state index contributed by atoms with van der Waals surface area (Å²) in [6.45, 7) is 7.72. The van der Waals surface area contributed by atoms with Gasteiger partial charge in [-0.2, -0.15) is 0 Å². The predicted octanol–water partition coefficient (Wildman–Crippen LogP) is 4.23. The van der Waals surface area contributed by atoms with Gasteiger partial charge in [0.2, 0.25) is 5.91 Å². The number of hydrogen-bond acceptors (Lipinski definition) is 8. The lowest BCUT2D eigenvalue weighted by molar-refractivity contribution is -0.159. The fourth-order valence-electron chi connectivity index (χ4n) is 4.00. The summed E-state index contributed by atoms with van der Waals surface area (Å²) in [6.07, 6.45) is 1.17. The third kappa shape index (κ3) is 8.64. The molecular weight excluding hydrogens is 496 g/mol. The average Bonchev–Trinajstić information content (AvgIpc) is 3.31. The van der Waals surface area contributed by atoms with Crippen molar-refractivity contribution in [3.05, 3.63) is 58.3 Å². The van der Waals surface area contributed by atoms with Crippen LogP contribution >= 0.6 is 23.1 Å². The zero-order chi connectivity index (χ0) is 26.1. The molecule has 196 valence electrons. The van der Waals surface area contributed by atoms with Crippen LogP contribution in [-0.2, 0) is 30.3 Å². The van der Waals surface area contributed by atoms with Crippen molar-refractivity contribution >= 4 is 40.9 Å². The molecule has 3 atom stereocenters. The Morgan fingerprint density at radius 2 is 1.92 bits per heavy atom. The Bertz CT molecular complexity index is 991. The summed E-state index contributed by atoms with van der Waals surface area (Å²) in [6, 6.07) is 12.7. The van der Waals surface area contributed by atoms with E-state index in [1.807, 2.05) is 47.8 Å². The van der Waals surface area contributed by atoms with Crippen molar-refractivity contribution in [3.63, 3.8) is 0 Å². The van der Waals surface area contributed by atoms with Crippen LogP contribution in [0.5, 0.6) is 0 Å². The molecule has 2 aromatic rings. The van der Waals surface area contributed by atoms with E-state index < -0.39 is 23.7 Å². The molecule has 1 aliphatic rings. The van der Waals surface area contributed by atoms with Gasteiger partial charge in [-0.3, -0.25) is 19.7 Å². The maximum atomic E-state index is 13.6. The Balaban J connectivity index is 1.78. The third-order valence-electron chi connectivity index (χ3n) is 5.60. The van der Waals surface area contributed by atoms with Crippen LogP contribution < -0.4 is 5.32 Å². The first-order chi connectivity index (χ1) is 17.2. The summed E-state index contributed by atoms with van der Waals surface area (Å²) >= 11 is 3.29. The summed E-state index contributed by atoms with van der Waals surface area (Å²) in [5, 5.41) is 5.33. The van der Waals surface area contributed by atoms with Gasteiger partial charge in [-0.15, -0.1) is 23.1 Å². The molecule has 36 heavy (non-hydrogen) atoms. The van der Waals surface area contributed by atoms with E-state index in [4.69, 9.17) is 9.47 Å². The number of aryl methyl sites for hydroxylation is 1. The Morgan fingerprint density at radius 1 is 1.17 bits per heavy atom. The first kappa shape index (κ1) is 28.2. The lowest BCUT2D eigenvalue weighted by Gasteiger charge is -2.28. The van der Waals surface area contributed by atoms with E-state index in [0.29, 0.717) is 25.1 Å². The van der Waals surface area contributed by atoms with Gasteiger partial charge >= 0.3 is 11.9 Å². The van der Waals surface area contributed by atoms with Crippen LogP contribution in [0.4, 0.5) is 0 Å². The molecular formula is C27H36N2O5S2. The van der Waals surface area contributed by atoms with Gasteiger partial charge in [-0.05, 0) is 57.5 Å². The topological polar surface area (TPSA) is 84.9 Å². The van der Waals surface area contributed by atoms with Crippen molar-refractivity contribution in [2.45, 2.75) is 63.5 Å². The van der Waals surface area contributed by atoms with E-state index in [-0.39, 0.29) is 30.3 Å². The van der Waals surface area contributed by atoms with E-state index in [1.165, 1.54) is 0 Å². The number of ether oxygens (including phenoxy) is 2. The Morgan fingerprint density at radius 3 is 2.56 bits per heavy atom. The number of rotatable bonds is 10. The van der Waals surface area contributed by atoms with Crippen LogP contribution in [0.2, 0.25) is 0 Å². The second kappa shape index (κ2) is 13.3. The molecule has 0 aliphatic carbocycles. The molecule has 7 nitrogen and oxygen atoms in total. The van der Waals surface area contributed by atoms with Crippen LogP contribution in [0.25, 0.3) is 0 Å². The number of carbonyl (C=O) groups is 3. The molecule has 3 rings (SSSR count). The molecule has 1 saturated heterocycles. The number of benzene rings is 1. The Labute approximate surface area is 221 Å². The van der Waals surface area contributed by atoms with E-state index in [9.17, 15) is 14.4 Å². The Hall–Kier alpha value is -2.36. The number of thioether (sulfide) groups is 1. The third-order valence-corrected chi connectivity index (χ3v) is 8.06. The van der Waals surface area contributed by atoms with Crippen molar-refractivity contribution in [2.75, 3.05) is 25.4 Å². The second-order valence-electron chi connectivity index (χ2n) is 9.69. The van der Waals surface area contributed by atoms with Crippen LogP contribution in [0, 0.1) is 0 Å². The van der Waals surface area contributed by atoms with E-state index in [2.05, 4.69) is 5.32 Å². The SMILES string of the molecule is CCOC(=O)C(CCc1ccccc1)N[C@H]1CS[C@H](c2cccs2)CN(CC(=O)OC(C)(C)C)C1=O. The molecule has 1 N–H and O–H groups in total. The Kier molecular flexibility index (Phi) is 10.4. The highest BCUT2D eigenvalue weighted by Gasteiger charge is 2.36. The highest BCUT2D eigenvalue weighted by molar-refractivity contribution is 7.99. The fourth-order valence-corrected chi connectivity index (χ4v) is 6.26. The summed E-state index contributed by atoms with van der Waals surface area (Å²) in [4.78, 5) is 41.8. The molecule has 1 aliphatic heterocycles. The standard InChI is InChI=1S/C27H36N2O5S2/c1-5-33-26(32)20(14-13-19-10-7-6-8-11-19)28-21-18-36-23(22-12-9-15-35-22)16-29(25(21)31)17-24(30)34-27(2,3)4/h6-12,15,20-21,23,28H,5,13-14,16-18H2,1-4H3/t20?,21-,23-/m0/s1. The van der Waals surface area contributed by atoms with Gasteiger partial charge in [0.25, 0.3) is 0 Å². The van der Waals surface area contributed by atoms with Crippen molar-refractivity contribution in [1.82, 2.24) is 10.2 Å². The summed E-state index contributed by atoms with van der Waals surface area (Å²) in [5.74, 6) is -0.546. The molecule has 0 spiro atoms.